The molecule has 0 aromatic carbocycles. The van der Waals surface area contributed by atoms with E-state index in [1.54, 1.807) is 11.3 Å². The van der Waals surface area contributed by atoms with E-state index < -0.39 is 0 Å². The van der Waals surface area contributed by atoms with Crippen LogP contribution >= 0.6 is 11.3 Å². The maximum Gasteiger partial charge on any atom is 0.183 e. The number of ether oxygens (including phenoxy) is 1. The quantitative estimate of drug-likeness (QED) is 0.860. The molecule has 0 atom stereocenters. The largest absolute Gasteiger partial charge is 0.381 e. The number of aromatic nitrogens is 1. The number of hydrogen-bond acceptors (Lipinski definition) is 4. The third kappa shape index (κ3) is 2.92. The number of nitrogens with one attached hydrogen (secondary N) is 1. The maximum absolute atomic E-state index is 5.33. The fraction of sp³-hybridized carbons (Fsp3) is 0.727. The minimum absolute atomic E-state index is 0.753. The molecule has 2 rings (SSSR count). The van der Waals surface area contributed by atoms with Crippen molar-refractivity contribution in [2.45, 2.75) is 26.7 Å². The molecule has 0 amide bonds. The van der Waals surface area contributed by atoms with E-state index in [0.717, 1.165) is 36.5 Å². The molecule has 84 valence electrons. The predicted octanol–water partition coefficient (Wildman–Crippen LogP) is 2.60. The Labute approximate surface area is 94.9 Å². The van der Waals surface area contributed by atoms with Gasteiger partial charge in [-0.15, -0.1) is 11.3 Å². The zero-order valence-corrected chi connectivity index (χ0v) is 10.2. The van der Waals surface area contributed by atoms with Gasteiger partial charge in [0.05, 0.1) is 5.69 Å². The third-order valence-electron chi connectivity index (χ3n) is 2.91. The lowest BCUT2D eigenvalue weighted by Crippen LogP contribution is -2.22. The molecule has 1 aliphatic rings. The zero-order chi connectivity index (χ0) is 10.7. The van der Waals surface area contributed by atoms with Crippen molar-refractivity contribution in [1.82, 2.24) is 4.98 Å². The summed E-state index contributed by atoms with van der Waals surface area (Å²) in [6, 6.07) is 0. The highest BCUT2D eigenvalue weighted by molar-refractivity contribution is 7.15. The van der Waals surface area contributed by atoms with E-state index in [0.29, 0.717) is 0 Å². The van der Waals surface area contributed by atoms with Crippen molar-refractivity contribution in [2.75, 3.05) is 25.1 Å². The Morgan fingerprint density at radius 2 is 2.13 bits per heavy atom. The SMILES string of the molecule is Cc1nc(NCC2CCOCC2)sc1C. The van der Waals surface area contributed by atoms with Gasteiger partial charge in [0, 0.05) is 24.6 Å². The van der Waals surface area contributed by atoms with Crippen LogP contribution in [0.3, 0.4) is 0 Å². The van der Waals surface area contributed by atoms with Gasteiger partial charge in [0.2, 0.25) is 0 Å². The topological polar surface area (TPSA) is 34.2 Å². The van der Waals surface area contributed by atoms with Crippen LogP contribution in [0.2, 0.25) is 0 Å². The summed E-state index contributed by atoms with van der Waals surface area (Å²) in [5.74, 6) is 0.753. The number of anilines is 1. The van der Waals surface area contributed by atoms with E-state index in [-0.39, 0.29) is 0 Å². The summed E-state index contributed by atoms with van der Waals surface area (Å²) in [4.78, 5) is 5.78. The second-order valence-corrected chi connectivity index (χ2v) is 5.30. The highest BCUT2D eigenvalue weighted by Gasteiger charge is 2.14. The molecule has 1 aliphatic heterocycles. The highest BCUT2D eigenvalue weighted by Crippen LogP contribution is 2.22. The highest BCUT2D eigenvalue weighted by atomic mass is 32.1. The number of aryl methyl sites for hydroxylation is 2. The smallest absolute Gasteiger partial charge is 0.183 e. The van der Waals surface area contributed by atoms with Crippen molar-refractivity contribution in [1.29, 1.82) is 0 Å². The summed E-state index contributed by atoms with van der Waals surface area (Å²) in [6.07, 6.45) is 2.35. The molecule has 1 aromatic heterocycles. The van der Waals surface area contributed by atoms with Gasteiger partial charge in [-0.1, -0.05) is 0 Å². The fourth-order valence-electron chi connectivity index (χ4n) is 1.73. The molecule has 0 aliphatic carbocycles. The first-order valence-electron chi connectivity index (χ1n) is 5.51. The van der Waals surface area contributed by atoms with Crippen LogP contribution in [0.15, 0.2) is 0 Å². The van der Waals surface area contributed by atoms with Crippen molar-refractivity contribution >= 4 is 16.5 Å². The summed E-state index contributed by atoms with van der Waals surface area (Å²) in [6.45, 7) is 7.05. The first kappa shape index (κ1) is 10.9. The van der Waals surface area contributed by atoms with E-state index in [1.165, 1.54) is 17.7 Å². The Hall–Kier alpha value is -0.610. The van der Waals surface area contributed by atoms with Crippen LogP contribution in [-0.2, 0) is 4.74 Å². The Kier molecular flexibility index (Phi) is 3.59. The molecule has 2 heterocycles. The standard InChI is InChI=1S/C11H18N2OS/c1-8-9(2)15-11(13-8)12-7-10-3-5-14-6-4-10/h10H,3-7H2,1-2H3,(H,12,13). The number of hydrogen-bond donors (Lipinski definition) is 1. The molecular weight excluding hydrogens is 208 g/mol. The molecule has 15 heavy (non-hydrogen) atoms. The van der Waals surface area contributed by atoms with Crippen molar-refractivity contribution in [3.05, 3.63) is 10.6 Å². The van der Waals surface area contributed by atoms with Gasteiger partial charge in [0.25, 0.3) is 0 Å². The van der Waals surface area contributed by atoms with Crippen LogP contribution in [0.25, 0.3) is 0 Å². The van der Waals surface area contributed by atoms with Crippen LogP contribution in [0.4, 0.5) is 5.13 Å². The molecule has 1 saturated heterocycles. The third-order valence-corrected chi connectivity index (χ3v) is 3.94. The van der Waals surface area contributed by atoms with Gasteiger partial charge in [-0.25, -0.2) is 4.98 Å². The molecular formula is C11H18N2OS. The summed E-state index contributed by atoms with van der Waals surface area (Å²) in [5, 5.41) is 4.49. The second-order valence-electron chi connectivity index (χ2n) is 4.10. The monoisotopic (exact) mass is 226 g/mol. The zero-order valence-electron chi connectivity index (χ0n) is 9.38. The van der Waals surface area contributed by atoms with Gasteiger partial charge < -0.3 is 10.1 Å². The molecule has 3 nitrogen and oxygen atoms in total. The Morgan fingerprint density at radius 1 is 1.40 bits per heavy atom. The summed E-state index contributed by atoms with van der Waals surface area (Å²) >= 11 is 1.75. The van der Waals surface area contributed by atoms with Crippen molar-refractivity contribution < 1.29 is 4.74 Å². The molecule has 0 spiro atoms. The normalized spacial score (nSPS) is 18.0. The van der Waals surface area contributed by atoms with Crippen LogP contribution in [-0.4, -0.2) is 24.7 Å². The molecule has 0 radical (unpaired) electrons. The maximum atomic E-state index is 5.33. The molecule has 0 saturated carbocycles. The lowest BCUT2D eigenvalue weighted by Gasteiger charge is -2.21. The minimum Gasteiger partial charge on any atom is -0.381 e. The second kappa shape index (κ2) is 4.94. The van der Waals surface area contributed by atoms with Crippen LogP contribution in [0.5, 0.6) is 0 Å². The van der Waals surface area contributed by atoms with Crippen LogP contribution in [0, 0.1) is 19.8 Å². The first-order chi connectivity index (χ1) is 7.25. The number of nitrogens with zero attached hydrogens (tertiary/aromatic N) is 1. The van der Waals surface area contributed by atoms with Gasteiger partial charge in [-0.05, 0) is 32.6 Å². The molecule has 0 bridgehead atoms. The van der Waals surface area contributed by atoms with Gasteiger partial charge in [-0.3, -0.25) is 0 Å². The van der Waals surface area contributed by atoms with E-state index >= 15 is 0 Å². The first-order valence-corrected chi connectivity index (χ1v) is 6.33. The van der Waals surface area contributed by atoms with Gasteiger partial charge in [0.1, 0.15) is 0 Å². The Balaban J connectivity index is 1.81. The van der Waals surface area contributed by atoms with Gasteiger partial charge >= 0.3 is 0 Å². The molecule has 4 heteroatoms. The van der Waals surface area contributed by atoms with Crippen molar-refractivity contribution in [3.63, 3.8) is 0 Å². The van der Waals surface area contributed by atoms with E-state index in [1.807, 2.05) is 0 Å². The summed E-state index contributed by atoms with van der Waals surface area (Å²) in [7, 11) is 0. The Bertz CT molecular complexity index is 299. The van der Waals surface area contributed by atoms with Gasteiger partial charge in [-0.2, -0.15) is 0 Å². The average Bonchev–Trinajstić information content (AvgIpc) is 2.57. The van der Waals surface area contributed by atoms with E-state index in [4.69, 9.17) is 4.74 Å². The van der Waals surface area contributed by atoms with E-state index in [9.17, 15) is 0 Å². The molecule has 1 fully saturated rings. The Morgan fingerprint density at radius 3 is 2.73 bits per heavy atom. The van der Waals surface area contributed by atoms with Crippen molar-refractivity contribution in [2.24, 2.45) is 5.92 Å². The minimum atomic E-state index is 0.753. The molecule has 1 aromatic rings. The lowest BCUT2D eigenvalue weighted by atomic mass is 10.0. The average molecular weight is 226 g/mol. The summed E-state index contributed by atoms with van der Waals surface area (Å²) < 4.78 is 5.33. The van der Waals surface area contributed by atoms with Crippen LogP contribution < -0.4 is 5.32 Å². The van der Waals surface area contributed by atoms with Crippen LogP contribution in [0.1, 0.15) is 23.4 Å². The summed E-state index contributed by atoms with van der Waals surface area (Å²) in [5.41, 5.74) is 1.15. The predicted molar refractivity (Wildman–Crippen MR) is 63.6 cm³/mol. The number of thiazole rings is 1. The van der Waals surface area contributed by atoms with Gasteiger partial charge in [0.15, 0.2) is 5.13 Å². The molecule has 1 N–H and O–H groups in total. The lowest BCUT2D eigenvalue weighted by molar-refractivity contribution is 0.0699. The van der Waals surface area contributed by atoms with E-state index in [2.05, 4.69) is 24.1 Å². The molecule has 0 unspecified atom stereocenters. The number of rotatable bonds is 3. The fourth-order valence-corrected chi connectivity index (χ4v) is 2.55. The van der Waals surface area contributed by atoms with Crippen molar-refractivity contribution in [3.8, 4) is 0 Å².